The fraction of sp³-hybridized carbons (Fsp3) is 0.636. The van der Waals surface area contributed by atoms with E-state index in [2.05, 4.69) is 12.1 Å². The van der Waals surface area contributed by atoms with Crippen LogP contribution in [0.15, 0.2) is 18.2 Å². The first-order valence-electron chi connectivity index (χ1n) is 10.7. The monoisotopic (exact) mass is 418 g/mol. The highest BCUT2D eigenvalue weighted by molar-refractivity contribution is 5.83. The second-order valence-electron chi connectivity index (χ2n) is 8.17. The number of ether oxygens (including phenoxy) is 3. The molecule has 2 atom stereocenters. The lowest BCUT2D eigenvalue weighted by molar-refractivity contribution is -0.151. The van der Waals surface area contributed by atoms with Crippen molar-refractivity contribution in [3.05, 3.63) is 29.3 Å². The quantitative estimate of drug-likeness (QED) is 0.653. The number of benzene rings is 1. The van der Waals surface area contributed by atoms with Gasteiger partial charge in [0.05, 0.1) is 25.8 Å². The molecule has 2 fully saturated rings. The van der Waals surface area contributed by atoms with Crippen molar-refractivity contribution in [2.45, 2.75) is 50.3 Å². The second kappa shape index (κ2) is 9.22. The number of hydrogen-bond donors (Lipinski definition) is 1. The van der Waals surface area contributed by atoms with Gasteiger partial charge in [0.1, 0.15) is 5.75 Å². The van der Waals surface area contributed by atoms with Crippen molar-refractivity contribution in [2.75, 3.05) is 40.0 Å². The van der Waals surface area contributed by atoms with E-state index in [0.29, 0.717) is 19.8 Å². The topological polar surface area (TPSA) is 88.5 Å². The van der Waals surface area contributed by atoms with E-state index in [1.165, 1.54) is 10.5 Å². The van der Waals surface area contributed by atoms with Crippen LogP contribution in [0.4, 0.5) is 4.79 Å². The standard InChI is InChI=1S/C22H30N2O6/c1-28-10-2-11-29-17-7-3-15-4-8-19(18(15)13-17)24(16-5-6-16)21(25)20-14-23(22(26)27)9-12-30-20/h3,7,13,16,19-20H,2,4-6,8-12,14H2,1H3,(H,26,27)/t19-,20-/m1/s1. The minimum absolute atomic E-state index is 0.00803. The average Bonchev–Trinajstić information content (AvgIpc) is 3.51. The molecule has 1 aliphatic heterocycles. The van der Waals surface area contributed by atoms with Gasteiger partial charge in [-0.1, -0.05) is 6.07 Å². The van der Waals surface area contributed by atoms with Gasteiger partial charge in [0.2, 0.25) is 0 Å². The van der Waals surface area contributed by atoms with E-state index in [1.54, 1.807) is 7.11 Å². The predicted molar refractivity (Wildman–Crippen MR) is 109 cm³/mol. The van der Waals surface area contributed by atoms with Gasteiger partial charge in [-0.25, -0.2) is 4.79 Å². The van der Waals surface area contributed by atoms with Gasteiger partial charge in [0.15, 0.2) is 6.10 Å². The number of hydrogen-bond acceptors (Lipinski definition) is 5. The molecule has 0 aromatic heterocycles. The fourth-order valence-electron chi connectivity index (χ4n) is 4.41. The van der Waals surface area contributed by atoms with Crippen molar-refractivity contribution in [2.24, 2.45) is 0 Å². The Kier molecular flexibility index (Phi) is 6.43. The molecule has 1 heterocycles. The van der Waals surface area contributed by atoms with Gasteiger partial charge in [-0.05, 0) is 48.9 Å². The highest BCUT2D eigenvalue weighted by Gasteiger charge is 2.44. The van der Waals surface area contributed by atoms with Gasteiger partial charge in [-0.2, -0.15) is 0 Å². The van der Waals surface area contributed by atoms with Gasteiger partial charge >= 0.3 is 6.09 Å². The summed E-state index contributed by atoms with van der Waals surface area (Å²) in [6.45, 7) is 1.90. The Hall–Kier alpha value is -2.32. The highest BCUT2D eigenvalue weighted by atomic mass is 16.5. The number of rotatable bonds is 8. The van der Waals surface area contributed by atoms with Crippen LogP contribution in [0.25, 0.3) is 0 Å². The SMILES string of the molecule is COCCCOc1ccc2c(c1)[C@H](N(C(=O)[C@H]1CN(C(=O)O)CCO1)C1CC1)CC2. The lowest BCUT2D eigenvalue weighted by atomic mass is 10.0. The van der Waals surface area contributed by atoms with Crippen LogP contribution in [0.3, 0.4) is 0 Å². The molecule has 2 aliphatic carbocycles. The third-order valence-corrected chi connectivity index (χ3v) is 6.07. The number of amides is 2. The molecule has 0 radical (unpaired) electrons. The molecule has 1 saturated carbocycles. The molecule has 164 valence electrons. The molecule has 3 aliphatic rings. The summed E-state index contributed by atoms with van der Waals surface area (Å²) in [7, 11) is 1.68. The number of fused-ring (bicyclic) bond motifs is 1. The third-order valence-electron chi connectivity index (χ3n) is 6.07. The summed E-state index contributed by atoms with van der Waals surface area (Å²) in [5, 5.41) is 9.30. The number of nitrogens with zero attached hydrogens (tertiary/aromatic N) is 2. The van der Waals surface area contributed by atoms with E-state index in [1.807, 2.05) is 11.0 Å². The van der Waals surface area contributed by atoms with Crippen molar-refractivity contribution in [1.82, 2.24) is 9.80 Å². The molecule has 8 heteroatoms. The van der Waals surface area contributed by atoms with Crippen molar-refractivity contribution in [3.63, 3.8) is 0 Å². The highest BCUT2D eigenvalue weighted by Crippen LogP contribution is 2.43. The number of aryl methyl sites for hydroxylation is 1. The van der Waals surface area contributed by atoms with Crippen molar-refractivity contribution in [1.29, 1.82) is 0 Å². The van der Waals surface area contributed by atoms with Crippen LogP contribution in [-0.2, 0) is 20.7 Å². The molecule has 1 aromatic rings. The maximum Gasteiger partial charge on any atom is 0.407 e. The Bertz CT molecular complexity index is 781. The van der Waals surface area contributed by atoms with E-state index >= 15 is 0 Å². The molecule has 1 saturated heterocycles. The molecular formula is C22H30N2O6. The number of morpholine rings is 1. The van der Waals surface area contributed by atoms with E-state index in [0.717, 1.165) is 43.4 Å². The Morgan fingerprint density at radius 2 is 2.10 bits per heavy atom. The molecule has 30 heavy (non-hydrogen) atoms. The Labute approximate surface area is 176 Å². The van der Waals surface area contributed by atoms with Crippen LogP contribution >= 0.6 is 0 Å². The van der Waals surface area contributed by atoms with Gasteiger partial charge in [-0.15, -0.1) is 0 Å². The summed E-state index contributed by atoms with van der Waals surface area (Å²) >= 11 is 0. The van der Waals surface area contributed by atoms with E-state index in [9.17, 15) is 14.7 Å². The minimum atomic E-state index is -1.00. The maximum atomic E-state index is 13.4. The zero-order chi connectivity index (χ0) is 21.1. The molecule has 4 rings (SSSR count). The first-order valence-corrected chi connectivity index (χ1v) is 10.7. The number of carbonyl (C=O) groups excluding carboxylic acids is 1. The van der Waals surface area contributed by atoms with Crippen molar-refractivity contribution < 1.29 is 28.9 Å². The number of carboxylic acid groups (broad SMARTS) is 1. The molecule has 1 aromatic carbocycles. The summed E-state index contributed by atoms with van der Waals surface area (Å²) in [5.74, 6) is 0.721. The van der Waals surface area contributed by atoms with Gasteiger partial charge in [0.25, 0.3) is 5.91 Å². The largest absolute Gasteiger partial charge is 0.493 e. The molecule has 8 nitrogen and oxygen atoms in total. The zero-order valence-electron chi connectivity index (χ0n) is 17.4. The summed E-state index contributed by atoms with van der Waals surface area (Å²) in [6, 6.07) is 6.36. The lowest BCUT2D eigenvalue weighted by Gasteiger charge is -2.36. The Balaban J connectivity index is 1.49. The van der Waals surface area contributed by atoms with Gasteiger partial charge in [-0.3, -0.25) is 4.79 Å². The summed E-state index contributed by atoms with van der Waals surface area (Å²) < 4.78 is 16.6. The first-order chi connectivity index (χ1) is 14.6. The lowest BCUT2D eigenvalue weighted by Crippen LogP contribution is -2.53. The summed E-state index contributed by atoms with van der Waals surface area (Å²) in [6.07, 6.45) is 2.86. The molecule has 0 unspecified atom stereocenters. The van der Waals surface area contributed by atoms with Gasteiger partial charge in [0, 0.05) is 32.7 Å². The van der Waals surface area contributed by atoms with E-state index in [-0.39, 0.29) is 31.1 Å². The smallest absolute Gasteiger partial charge is 0.407 e. The molecule has 0 spiro atoms. The normalized spacial score (nSPS) is 23.2. The Morgan fingerprint density at radius 3 is 2.83 bits per heavy atom. The summed E-state index contributed by atoms with van der Waals surface area (Å²) in [4.78, 5) is 28.0. The van der Waals surface area contributed by atoms with E-state index in [4.69, 9.17) is 14.2 Å². The van der Waals surface area contributed by atoms with Crippen LogP contribution in [-0.4, -0.2) is 79.1 Å². The van der Waals surface area contributed by atoms with Crippen molar-refractivity contribution >= 4 is 12.0 Å². The molecule has 2 amide bonds. The third kappa shape index (κ3) is 4.54. The minimum Gasteiger partial charge on any atom is -0.493 e. The molecule has 0 bridgehead atoms. The molecular weight excluding hydrogens is 388 g/mol. The maximum absolute atomic E-state index is 13.4. The number of methoxy groups -OCH3 is 1. The fourth-order valence-corrected chi connectivity index (χ4v) is 4.41. The van der Waals surface area contributed by atoms with Gasteiger partial charge < -0.3 is 29.1 Å². The summed E-state index contributed by atoms with van der Waals surface area (Å²) in [5.41, 5.74) is 2.39. The van der Waals surface area contributed by atoms with E-state index < -0.39 is 12.2 Å². The van der Waals surface area contributed by atoms with Crippen molar-refractivity contribution in [3.8, 4) is 5.75 Å². The number of carbonyl (C=O) groups is 2. The predicted octanol–water partition coefficient (Wildman–Crippen LogP) is 2.46. The van der Waals surface area contributed by atoms with Crippen LogP contribution in [0.2, 0.25) is 0 Å². The van der Waals surface area contributed by atoms with Crippen LogP contribution in [0.5, 0.6) is 5.75 Å². The van der Waals surface area contributed by atoms with Crippen LogP contribution < -0.4 is 4.74 Å². The Morgan fingerprint density at radius 1 is 1.27 bits per heavy atom. The zero-order valence-corrected chi connectivity index (χ0v) is 17.4. The second-order valence-corrected chi connectivity index (χ2v) is 8.17. The average molecular weight is 418 g/mol. The van der Waals surface area contributed by atoms with Crippen LogP contribution in [0.1, 0.15) is 42.9 Å². The molecule has 1 N–H and O–H groups in total. The first kappa shape index (κ1) is 20.9. The van der Waals surface area contributed by atoms with Crippen LogP contribution in [0, 0.1) is 0 Å².